The van der Waals surface area contributed by atoms with E-state index < -0.39 is 0 Å². The Kier molecular flexibility index (Phi) is 13.6. The van der Waals surface area contributed by atoms with Gasteiger partial charge in [-0.1, -0.05) is 101 Å². The second kappa shape index (κ2) is 15.6. The first-order chi connectivity index (χ1) is 13.2. The van der Waals surface area contributed by atoms with Gasteiger partial charge in [-0.2, -0.15) is 0 Å². The van der Waals surface area contributed by atoms with Gasteiger partial charge in [0.15, 0.2) is 0 Å². The maximum absolute atomic E-state index is 4.75. The van der Waals surface area contributed by atoms with E-state index >= 15 is 0 Å². The molecule has 0 saturated heterocycles. The quantitative estimate of drug-likeness (QED) is 0.186. The van der Waals surface area contributed by atoms with Crippen LogP contribution in [0.1, 0.15) is 77.2 Å². The summed E-state index contributed by atoms with van der Waals surface area (Å²) in [6, 6.07) is 10.6. The third-order valence-corrected chi connectivity index (χ3v) is 5.06. The lowest BCUT2D eigenvalue weighted by atomic mass is 10.0. The second-order valence-electron chi connectivity index (χ2n) is 7.22. The monoisotopic (exact) mass is 382 g/mol. The van der Waals surface area contributed by atoms with Crippen LogP contribution in [0.4, 0.5) is 0 Å². The molecule has 0 fully saturated rings. The summed E-state index contributed by atoms with van der Waals surface area (Å²) in [5.74, 6) is 0. The van der Waals surface area contributed by atoms with Gasteiger partial charge >= 0.3 is 0 Å². The van der Waals surface area contributed by atoms with Crippen molar-refractivity contribution in [3.63, 3.8) is 0 Å². The van der Waals surface area contributed by atoms with Gasteiger partial charge in [0.25, 0.3) is 0 Å². The zero-order valence-electron chi connectivity index (χ0n) is 17.4. The number of rotatable bonds is 14. The Balaban J connectivity index is 2.75. The molecule has 0 heterocycles. The third kappa shape index (κ3) is 11.8. The minimum atomic E-state index is 0.939. The van der Waals surface area contributed by atoms with Gasteiger partial charge in [-0.05, 0) is 59.8 Å². The van der Waals surface area contributed by atoms with Gasteiger partial charge < -0.3 is 0 Å². The van der Waals surface area contributed by atoms with Gasteiger partial charge in [0.1, 0.15) is 0 Å². The second-order valence-corrected chi connectivity index (χ2v) is 7.80. The van der Waals surface area contributed by atoms with E-state index in [0.29, 0.717) is 0 Å². The van der Waals surface area contributed by atoms with Crippen molar-refractivity contribution in [3.8, 4) is 0 Å². The fourth-order valence-electron chi connectivity index (χ4n) is 3.03. The lowest BCUT2D eigenvalue weighted by Gasteiger charge is -2.06. The maximum atomic E-state index is 4.75. The molecule has 1 heteroatoms. The summed E-state index contributed by atoms with van der Waals surface area (Å²) < 4.78 is 0. The van der Waals surface area contributed by atoms with E-state index in [1.807, 2.05) is 6.08 Å². The fraction of sp³-hybridized carbons (Fsp3) is 0.462. The summed E-state index contributed by atoms with van der Waals surface area (Å²) in [4.78, 5) is 1.21. The highest BCUT2D eigenvalue weighted by Crippen LogP contribution is 2.20. The molecule has 0 aliphatic carbocycles. The molecule has 0 aromatic heterocycles. The van der Waals surface area contributed by atoms with E-state index in [-0.39, 0.29) is 0 Å². The van der Waals surface area contributed by atoms with Crippen LogP contribution in [0.15, 0.2) is 77.3 Å². The van der Waals surface area contributed by atoms with Crippen LogP contribution >= 0.6 is 12.6 Å². The number of unbranched alkanes of at least 4 members (excludes halogenated alkanes) is 5. The third-order valence-electron chi connectivity index (χ3n) is 4.71. The molecule has 0 unspecified atom stereocenters. The van der Waals surface area contributed by atoms with Crippen molar-refractivity contribution in [1.29, 1.82) is 0 Å². The zero-order chi connectivity index (χ0) is 19.7. The Morgan fingerprint density at radius 3 is 2.26 bits per heavy atom. The molecule has 0 nitrogen and oxygen atoms in total. The molecule has 27 heavy (non-hydrogen) atoms. The van der Waals surface area contributed by atoms with E-state index in [2.05, 4.69) is 69.0 Å². The lowest BCUT2D eigenvalue weighted by molar-refractivity contribution is 0.636. The molecule has 148 valence electrons. The van der Waals surface area contributed by atoms with E-state index in [0.717, 1.165) is 19.3 Å². The van der Waals surface area contributed by atoms with Crippen LogP contribution in [0.2, 0.25) is 0 Å². The SMILES string of the molecule is C=CC(=C\Cc1ccccc1)/C=C(/C=C(\S)CCCCCCC)CCCC. The predicted octanol–water partition coefficient (Wildman–Crippen LogP) is 8.63. The molecule has 0 saturated carbocycles. The van der Waals surface area contributed by atoms with Crippen LogP contribution in [-0.4, -0.2) is 0 Å². The molecular formula is C26H38S. The van der Waals surface area contributed by atoms with E-state index in [1.54, 1.807) is 0 Å². The van der Waals surface area contributed by atoms with Crippen LogP contribution in [0.3, 0.4) is 0 Å². The van der Waals surface area contributed by atoms with Gasteiger partial charge in [0.2, 0.25) is 0 Å². The topological polar surface area (TPSA) is 0 Å². The zero-order valence-corrected chi connectivity index (χ0v) is 18.3. The first-order valence-electron chi connectivity index (χ1n) is 10.7. The molecule has 0 amide bonds. The van der Waals surface area contributed by atoms with Crippen molar-refractivity contribution in [1.82, 2.24) is 0 Å². The molecule has 0 N–H and O–H groups in total. The number of benzene rings is 1. The average Bonchev–Trinajstić information content (AvgIpc) is 2.69. The Hall–Kier alpha value is -1.47. The van der Waals surface area contributed by atoms with Gasteiger partial charge in [0.05, 0.1) is 0 Å². The van der Waals surface area contributed by atoms with Gasteiger partial charge in [-0.25, -0.2) is 0 Å². The Labute approximate surface area is 173 Å². The van der Waals surface area contributed by atoms with Gasteiger partial charge in [0, 0.05) is 0 Å². The summed E-state index contributed by atoms with van der Waals surface area (Å²) in [5.41, 5.74) is 3.90. The number of hydrogen-bond acceptors (Lipinski definition) is 1. The highest BCUT2D eigenvalue weighted by molar-refractivity contribution is 7.84. The van der Waals surface area contributed by atoms with E-state index in [1.165, 1.54) is 66.6 Å². The van der Waals surface area contributed by atoms with Crippen LogP contribution in [-0.2, 0) is 6.42 Å². The van der Waals surface area contributed by atoms with Crippen LogP contribution < -0.4 is 0 Å². The molecular weight excluding hydrogens is 344 g/mol. The summed E-state index contributed by atoms with van der Waals surface area (Å²) in [5, 5.41) is 0. The molecule has 0 bridgehead atoms. The smallest absolute Gasteiger partial charge is 0.00885 e. The standard InChI is InChI=1S/C26H38S/c1-4-7-9-10-14-18-26(27)22-25(15-8-5-2)21-23(6-3)19-20-24-16-12-11-13-17-24/h6,11-13,16-17,19,21-22,27H,3-5,7-10,14-15,18,20H2,1-2H3/b23-19+,25-21+,26-22-. The predicted molar refractivity (Wildman–Crippen MR) is 126 cm³/mol. The van der Waals surface area contributed by atoms with Crippen molar-refractivity contribution < 1.29 is 0 Å². The molecule has 0 spiro atoms. The van der Waals surface area contributed by atoms with Crippen molar-refractivity contribution in [2.45, 2.75) is 78.1 Å². The molecule has 0 radical (unpaired) electrons. The Morgan fingerprint density at radius 1 is 0.889 bits per heavy atom. The lowest BCUT2D eigenvalue weighted by Crippen LogP contribution is -1.87. The Morgan fingerprint density at radius 2 is 1.59 bits per heavy atom. The number of thiol groups is 1. The fourth-order valence-corrected chi connectivity index (χ4v) is 3.35. The molecule has 1 aromatic carbocycles. The van der Waals surface area contributed by atoms with Crippen LogP contribution in [0, 0.1) is 0 Å². The average molecular weight is 383 g/mol. The molecule has 0 aliphatic rings. The van der Waals surface area contributed by atoms with Crippen LogP contribution in [0.25, 0.3) is 0 Å². The van der Waals surface area contributed by atoms with E-state index in [4.69, 9.17) is 12.6 Å². The highest BCUT2D eigenvalue weighted by Gasteiger charge is 1.99. The molecule has 0 aliphatic heterocycles. The molecule has 0 atom stereocenters. The minimum absolute atomic E-state index is 0.939. The first kappa shape index (κ1) is 23.6. The summed E-state index contributed by atoms with van der Waals surface area (Å²) in [7, 11) is 0. The maximum Gasteiger partial charge on any atom is -0.00885 e. The minimum Gasteiger partial charge on any atom is -0.148 e. The summed E-state index contributed by atoms with van der Waals surface area (Å²) in [6.45, 7) is 8.52. The van der Waals surface area contributed by atoms with Gasteiger partial charge in [-0.15, -0.1) is 12.6 Å². The van der Waals surface area contributed by atoms with E-state index in [9.17, 15) is 0 Å². The van der Waals surface area contributed by atoms with Crippen LogP contribution in [0.5, 0.6) is 0 Å². The first-order valence-corrected chi connectivity index (χ1v) is 11.1. The largest absolute Gasteiger partial charge is 0.148 e. The van der Waals surface area contributed by atoms with Crippen molar-refractivity contribution in [2.75, 3.05) is 0 Å². The molecule has 1 aromatic rings. The highest BCUT2D eigenvalue weighted by atomic mass is 32.1. The van der Waals surface area contributed by atoms with Crippen molar-refractivity contribution in [2.24, 2.45) is 0 Å². The number of allylic oxidation sites excluding steroid dienone is 7. The molecule has 1 rings (SSSR count). The summed E-state index contributed by atoms with van der Waals surface area (Å²) in [6.07, 6.45) is 20.9. The number of hydrogen-bond donors (Lipinski definition) is 1. The van der Waals surface area contributed by atoms with Crippen molar-refractivity contribution in [3.05, 3.63) is 82.8 Å². The Bertz CT molecular complexity index is 604. The van der Waals surface area contributed by atoms with Gasteiger partial charge in [-0.3, -0.25) is 0 Å². The summed E-state index contributed by atoms with van der Waals surface area (Å²) >= 11 is 4.75. The van der Waals surface area contributed by atoms with Crippen molar-refractivity contribution >= 4 is 12.6 Å². The normalized spacial score (nSPS) is 13.1.